The maximum absolute atomic E-state index is 5.58. The average molecular weight is 284 g/mol. The molecular weight excluding hydrogens is 264 g/mol. The van der Waals surface area contributed by atoms with Gasteiger partial charge in [0.25, 0.3) is 0 Å². The number of aromatic nitrogens is 1. The molecule has 0 bridgehead atoms. The van der Waals surface area contributed by atoms with Gasteiger partial charge >= 0.3 is 0 Å². The second-order valence-electron chi connectivity index (χ2n) is 5.05. The Morgan fingerprint density at radius 3 is 3.10 bits per heavy atom. The van der Waals surface area contributed by atoms with E-state index in [0.29, 0.717) is 0 Å². The summed E-state index contributed by atoms with van der Waals surface area (Å²) in [6.07, 6.45) is 2.78. The predicted octanol–water partition coefficient (Wildman–Crippen LogP) is 2.72. The molecule has 21 heavy (non-hydrogen) atoms. The molecule has 4 nitrogen and oxygen atoms in total. The van der Waals surface area contributed by atoms with Gasteiger partial charge in [0.05, 0.1) is 19.8 Å². The summed E-state index contributed by atoms with van der Waals surface area (Å²) in [6.45, 7) is 3.73. The third kappa shape index (κ3) is 2.72. The zero-order valence-corrected chi connectivity index (χ0v) is 12.4. The van der Waals surface area contributed by atoms with Crippen LogP contribution in [-0.4, -0.2) is 25.2 Å². The summed E-state index contributed by atoms with van der Waals surface area (Å²) in [4.78, 5) is 4.52. The van der Waals surface area contributed by atoms with Crippen molar-refractivity contribution in [1.29, 1.82) is 0 Å². The number of rotatable bonds is 5. The molecule has 3 rings (SSSR count). The molecule has 1 aliphatic heterocycles. The van der Waals surface area contributed by atoms with Crippen LogP contribution < -0.4 is 14.8 Å². The van der Waals surface area contributed by atoms with Gasteiger partial charge in [-0.3, -0.25) is 4.98 Å². The highest BCUT2D eigenvalue weighted by Gasteiger charge is 2.21. The van der Waals surface area contributed by atoms with Crippen LogP contribution in [0.2, 0.25) is 0 Å². The van der Waals surface area contributed by atoms with Crippen molar-refractivity contribution in [3.63, 3.8) is 0 Å². The molecule has 1 aromatic heterocycles. The van der Waals surface area contributed by atoms with E-state index < -0.39 is 0 Å². The van der Waals surface area contributed by atoms with Gasteiger partial charge in [0.15, 0.2) is 0 Å². The van der Waals surface area contributed by atoms with Gasteiger partial charge in [-0.05, 0) is 35.9 Å². The minimum Gasteiger partial charge on any atom is -0.495 e. The first kappa shape index (κ1) is 13.9. The maximum atomic E-state index is 5.58. The molecule has 0 spiro atoms. The van der Waals surface area contributed by atoms with Crippen molar-refractivity contribution in [3.8, 4) is 11.5 Å². The highest BCUT2D eigenvalue weighted by molar-refractivity contribution is 5.44. The normalized spacial score (nSPS) is 14.4. The molecule has 2 aromatic rings. The van der Waals surface area contributed by atoms with Crippen LogP contribution in [0, 0.1) is 0 Å². The van der Waals surface area contributed by atoms with Gasteiger partial charge in [0.2, 0.25) is 0 Å². The summed E-state index contributed by atoms with van der Waals surface area (Å²) >= 11 is 0. The second kappa shape index (κ2) is 6.14. The second-order valence-corrected chi connectivity index (χ2v) is 5.05. The molecule has 0 aliphatic carbocycles. The Kier molecular flexibility index (Phi) is 4.06. The highest BCUT2D eigenvalue weighted by atomic mass is 16.5. The Bertz CT molecular complexity index is 628. The van der Waals surface area contributed by atoms with Gasteiger partial charge in [-0.1, -0.05) is 19.1 Å². The summed E-state index contributed by atoms with van der Waals surface area (Å²) in [5.74, 6) is 1.81. The first-order chi connectivity index (χ1) is 10.3. The molecule has 1 aliphatic rings. The maximum Gasteiger partial charge on any atom is 0.142 e. The fourth-order valence-corrected chi connectivity index (χ4v) is 2.75. The van der Waals surface area contributed by atoms with Crippen molar-refractivity contribution in [3.05, 3.63) is 53.3 Å². The number of nitrogens with one attached hydrogen (secondary N) is 1. The number of hydrogen-bond acceptors (Lipinski definition) is 4. The van der Waals surface area contributed by atoms with E-state index in [2.05, 4.69) is 35.4 Å². The van der Waals surface area contributed by atoms with E-state index in [4.69, 9.17) is 9.47 Å². The number of nitrogens with zero attached hydrogens (tertiary/aromatic N) is 1. The molecular formula is C17H20N2O2. The molecule has 0 fully saturated rings. The van der Waals surface area contributed by atoms with Gasteiger partial charge in [-0.25, -0.2) is 0 Å². The number of fused-ring (bicyclic) bond motifs is 1. The number of hydrogen-bond donors (Lipinski definition) is 1. The molecule has 1 atom stereocenters. The van der Waals surface area contributed by atoms with Crippen LogP contribution in [-0.2, 0) is 6.42 Å². The van der Waals surface area contributed by atoms with Crippen LogP contribution >= 0.6 is 0 Å². The van der Waals surface area contributed by atoms with E-state index in [-0.39, 0.29) is 6.04 Å². The zero-order valence-electron chi connectivity index (χ0n) is 12.4. The summed E-state index contributed by atoms with van der Waals surface area (Å²) in [5.41, 5.74) is 3.38. The quantitative estimate of drug-likeness (QED) is 0.917. The Labute approximate surface area is 125 Å². The smallest absolute Gasteiger partial charge is 0.142 e. The third-order valence-corrected chi connectivity index (χ3v) is 3.75. The highest BCUT2D eigenvalue weighted by Crippen LogP contribution is 2.32. The standard InChI is InChI=1S/C17H20N2O2/c1-3-18-16(17-15(20-2)5-4-9-19-17)13-6-7-14-12(11-13)8-10-21-14/h4-7,9,11,16,18H,3,8,10H2,1-2H3. The van der Waals surface area contributed by atoms with Crippen molar-refractivity contribution < 1.29 is 9.47 Å². The Balaban J connectivity index is 2.01. The van der Waals surface area contributed by atoms with E-state index in [0.717, 1.165) is 36.8 Å². The summed E-state index contributed by atoms with van der Waals surface area (Å²) in [5, 5.41) is 3.50. The lowest BCUT2D eigenvalue weighted by atomic mass is 9.99. The molecule has 1 unspecified atom stereocenters. The Hall–Kier alpha value is -2.07. The molecule has 0 saturated heterocycles. The van der Waals surface area contributed by atoms with Crippen molar-refractivity contribution in [2.45, 2.75) is 19.4 Å². The minimum absolute atomic E-state index is 0.0250. The number of pyridine rings is 1. The van der Waals surface area contributed by atoms with Gasteiger partial charge < -0.3 is 14.8 Å². The lowest BCUT2D eigenvalue weighted by Gasteiger charge is -2.20. The fourth-order valence-electron chi connectivity index (χ4n) is 2.75. The summed E-state index contributed by atoms with van der Waals surface area (Å²) in [7, 11) is 1.68. The average Bonchev–Trinajstić information content (AvgIpc) is 3.00. The Morgan fingerprint density at radius 1 is 1.38 bits per heavy atom. The monoisotopic (exact) mass is 284 g/mol. The van der Waals surface area contributed by atoms with Gasteiger partial charge in [0.1, 0.15) is 17.2 Å². The largest absolute Gasteiger partial charge is 0.495 e. The van der Waals surface area contributed by atoms with Crippen LogP contribution in [0.25, 0.3) is 0 Å². The fraction of sp³-hybridized carbons (Fsp3) is 0.353. The number of benzene rings is 1. The molecule has 1 aromatic carbocycles. The van der Waals surface area contributed by atoms with Gasteiger partial charge in [0, 0.05) is 12.6 Å². The topological polar surface area (TPSA) is 43.4 Å². The van der Waals surface area contributed by atoms with Gasteiger partial charge in [-0.2, -0.15) is 0 Å². The SMILES string of the molecule is CCNC(c1ccc2c(c1)CCO2)c1ncccc1OC. The first-order valence-electron chi connectivity index (χ1n) is 7.31. The molecule has 1 N–H and O–H groups in total. The molecule has 0 radical (unpaired) electrons. The molecule has 2 heterocycles. The van der Waals surface area contributed by atoms with Crippen LogP contribution in [0.15, 0.2) is 36.5 Å². The van der Waals surface area contributed by atoms with Crippen molar-refractivity contribution in [2.24, 2.45) is 0 Å². The predicted molar refractivity (Wildman–Crippen MR) is 81.9 cm³/mol. The lowest BCUT2D eigenvalue weighted by Crippen LogP contribution is -2.23. The van der Waals surface area contributed by atoms with E-state index in [9.17, 15) is 0 Å². The van der Waals surface area contributed by atoms with E-state index in [1.807, 2.05) is 12.1 Å². The van der Waals surface area contributed by atoms with Crippen LogP contribution in [0.3, 0.4) is 0 Å². The van der Waals surface area contributed by atoms with E-state index in [1.165, 1.54) is 11.1 Å². The number of methoxy groups -OCH3 is 1. The van der Waals surface area contributed by atoms with Crippen LogP contribution in [0.4, 0.5) is 0 Å². The third-order valence-electron chi connectivity index (χ3n) is 3.75. The van der Waals surface area contributed by atoms with Crippen molar-refractivity contribution in [2.75, 3.05) is 20.3 Å². The molecule has 0 saturated carbocycles. The zero-order chi connectivity index (χ0) is 14.7. The first-order valence-corrected chi connectivity index (χ1v) is 7.31. The molecule has 0 amide bonds. The minimum atomic E-state index is 0.0250. The molecule has 4 heteroatoms. The summed E-state index contributed by atoms with van der Waals surface area (Å²) in [6, 6.07) is 10.2. The molecule has 110 valence electrons. The number of ether oxygens (including phenoxy) is 2. The van der Waals surface area contributed by atoms with E-state index in [1.54, 1.807) is 13.3 Å². The van der Waals surface area contributed by atoms with Crippen molar-refractivity contribution in [1.82, 2.24) is 10.3 Å². The van der Waals surface area contributed by atoms with Crippen molar-refractivity contribution >= 4 is 0 Å². The Morgan fingerprint density at radius 2 is 2.29 bits per heavy atom. The van der Waals surface area contributed by atoms with Crippen LogP contribution in [0.5, 0.6) is 11.5 Å². The lowest BCUT2D eigenvalue weighted by molar-refractivity contribution is 0.356. The van der Waals surface area contributed by atoms with Crippen LogP contribution in [0.1, 0.15) is 29.8 Å². The van der Waals surface area contributed by atoms with E-state index >= 15 is 0 Å². The van der Waals surface area contributed by atoms with Gasteiger partial charge in [-0.15, -0.1) is 0 Å². The summed E-state index contributed by atoms with van der Waals surface area (Å²) < 4.78 is 11.0.